The summed E-state index contributed by atoms with van der Waals surface area (Å²) in [5, 5.41) is 9.85. The molecule has 1 saturated heterocycles. The van der Waals surface area contributed by atoms with Gasteiger partial charge in [0.25, 0.3) is 5.91 Å². The summed E-state index contributed by atoms with van der Waals surface area (Å²) in [6.07, 6.45) is 1.60. The molecule has 0 atom stereocenters. The fourth-order valence-electron chi connectivity index (χ4n) is 4.21. The summed E-state index contributed by atoms with van der Waals surface area (Å²) in [5.41, 5.74) is 1.35. The number of amides is 3. The Kier molecular flexibility index (Phi) is 7.28. The number of ether oxygens (including phenoxy) is 3. The monoisotopic (exact) mass is 482 g/mol. The molecule has 10 nitrogen and oxygen atoms in total. The van der Waals surface area contributed by atoms with Crippen LogP contribution in [0.4, 0.5) is 10.5 Å². The Morgan fingerprint density at radius 2 is 1.80 bits per heavy atom. The van der Waals surface area contributed by atoms with Crippen molar-refractivity contribution in [2.75, 3.05) is 39.7 Å². The standard InChI is InChI=1S/C25H30N4O6/c1-32-19-6-4-5-18(14-19)27-24(31)29-11-9-25(10-12-29)15-20(28-35-25)23(30)26-16-17-7-8-21(33-2)22(13-17)34-3/h4-8,13-14H,9-12,15-16H2,1-3H3,(H,26,30)(H,27,31). The topological polar surface area (TPSA) is 111 Å². The Morgan fingerprint density at radius 3 is 2.51 bits per heavy atom. The van der Waals surface area contributed by atoms with E-state index in [1.54, 1.807) is 38.4 Å². The summed E-state index contributed by atoms with van der Waals surface area (Å²) in [4.78, 5) is 32.8. The van der Waals surface area contributed by atoms with Gasteiger partial charge in [-0.2, -0.15) is 0 Å². The molecular formula is C25H30N4O6. The van der Waals surface area contributed by atoms with Crippen LogP contribution in [0.15, 0.2) is 47.6 Å². The van der Waals surface area contributed by atoms with E-state index in [4.69, 9.17) is 19.0 Å². The van der Waals surface area contributed by atoms with E-state index in [1.807, 2.05) is 30.3 Å². The van der Waals surface area contributed by atoms with Crippen LogP contribution in [-0.4, -0.2) is 62.6 Å². The minimum absolute atomic E-state index is 0.181. The van der Waals surface area contributed by atoms with Gasteiger partial charge in [-0.1, -0.05) is 17.3 Å². The van der Waals surface area contributed by atoms with Gasteiger partial charge in [-0.05, 0) is 29.8 Å². The van der Waals surface area contributed by atoms with E-state index in [9.17, 15) is 9.59 Å². The molecule has 0 saturated carbocycles. The molecule has 2 aromatic carbocycles. The molecule has 2 aromatic rings. The maximum atomic E-state index is 12.7. The molecule has 2 N–H and O–H groups in total. The Balaban J connectivity index is 1.26. The van der Waals surface area contributed by atoms with Crippen molar-refractivity contribution in [3.05, 3.63) is 48.0 Å². The summed E-state index contributed by atoms with van der Waals surface area (Å²) < 4.78 is 15.7. The van der Waals surface area contributed by atoms with Gasteiger partial charge in [-0.25, -0.2) is 4.79 Å². The van der Waals surface area contributed by atoms with Crippen molar-refractivity contribution >= 4 is 23.3 Å². The maximum Gasteiger partial charge on any atom is 0.321 e. The normalized spacial score (nSPS) is 16.2. The molecule has 10 heteroatoms. The van der Waals surface area contributed by atoms with Crippen molar-refractivity contribution in [2.45, 2.75) is 31.4 Å². The Morgan fingerprint density at radius 1 is 1.03 bits per heavy atom. The van der Waals surface area contributed by atoms with Gasteiger partial charge in [0.15, 0.2) is 11.5 Å². The molecule has 2 heterocycles. The second-order valence-electron chi connectivity index (χ2n) is 8.51. The number of oxime groups is 1. The van der Waals surface area contributed by atoms with E-state index in [2.05, 4.69) is 15.8 Å². The highest BCUT2D eigenvalue weighted by Crippen LogP contribution is 2.35. The zero-order valence-corrected chi connectivity index (χ0v) is 20.1. The number of carbonyl (C=O) groups is 2. The van der Waals surface area contributed by atoms with Crippen LogP contribution in [-0.2, 0) is 16.2 Å². The smallest absolute Gasteiger partial charge is 0.321 e. The second kappa shape index (κ2) is 10.5. The molecular weight excluding hydrogens is 452 g/mol. The Bertz CT molecular complexity index is 1110. The van der Waals surface area contributed by atoms with Crippen molar-refractivity contribution in [3.63, 3.8) is 0 Å². The van der Waals surface area contributed by atoms with Crippen LogP contribution >= 0.6 is 0 Å². The zero-order valence-electron chi connectivity index (χ0n) is 20.1. The average molecular weight is 483 g/mol. The number of urea groups is 1. The van der Waals surface area contributed by atoms with Crippen LogP contribution < -0.4 is 24.8 Å². The molecule has 0 aromatic heterocycles. The van der Waals surface area contributed by atoms with Crippen molar-refractivity contribution in [1.82, 2.24) is 10.2 Å². The van der Waals surface area contributed by atoms with E-state index < -0.39 is 5.60 Å². The number of likely N-dealkylation sites (tertiary alicyclic amines) is 1. The molecule has 2 aliphatic heterocycles. The quantitative estimate of drug-likeness (QED) is 0.627. The first kappa shape index (κ1) is 24.2. The Hall–Kier alpha value is -3.95. The highest BCUT2D eigenvalue weighted by atomic mass is 16.7. The minimum Gasteiger partial charge on any atom is -0.497 e. The van der Waals surface area contributed by atoms with Gasteiger partial charge in [0.05, 0.1) is 21.3 Å². The Labute approximate surface area is 204 Å². The molecule has 3 amide bonds. The second-order valence-corrected chi connectivity index (χ2v) is 8.51. The largest absolute Gasteiger partial charge is 0.497 e. The number of anilines is 1. The highest BCUT2D eigenvalue weighted by Gasteiger charge is 2.44. The van der Waals surface area contributed by atoms with Crippen LogP contribution in [0.25, 0.3) is 0 Å². The van der Waals surface area contributed by atoms with Crippen LogP contribution in [0.1, 0.15) is 24.8 Å². The number of nitrogens with zero attached hydrogens (tertiary/aromatic N) is 2. The predicted molar refractivity (Wildman–Crippen MR) is 130 cm³/mol. The first-order chi connectivity index (χ1) is 16.9. The number of hydrogen-bond donors (Lipinski definition) is 2. The molecule has 2 aliphatic rings. The van der Waals surface area contributed by atoms with Crippen LogP contribution in [0.5, 0.6) is 17.2 Å². The first-order valence-corrected chi connectivity index (χ1v) is 11.4. The summed E-state index contributed by atoms with van der Waals surface area (Å²) in [6, 6.07) is 12.5. The van der Waals surface area contributed by atoms with Gasteiger partial charge in [0.1, 0.15) is 17.1 Å². The molecule has 4 rings (SSSR count). The predicted octanol–water partition coefficient (Wildman–Crippen LogP) is 3.17. The van der Waals surface area contributed by atoms with E-state index in [0.717, 1.165) is 5.56 Å². The van der Waals surface area contributed by atoms with Gasteiger partial charge in [0.2, 0.25) is 0 Å². The molecule has 0 unspecified atom stereocenters. The van der Waals surface area contributed by atoms with Crippen LogP contribution in [0.3, 0.4) is 0 Å². The van der Waals surface area contributed by atoms with Gasteiger partial charge in [-0.3, -0.25) is 4.79 Å². The first-order valence-electron chi connectivity index (χ1n) is 11.4. The van der Waals surface area contributed by atoms with Crippen molar-refractivity contribution in [2.24, 2.45) is 5.16 Å². The van der Waals surface area contributed by atoms with Gasteiger partial charge in [-0.15, -0.1) is 0 Å². The number of nitrogens with one attached hydrogen (secondary N) is 2. The van der Waals surface area contributed by atoms with Crippen molar-refractivity contribution in [3.8, 4) is 17.2 Å². The molecule has 35 heavy (non-hydrogen) atoms. The number of carbonyl (C=O) groups excluding carboxylic acids is 2. The van der Waals surface area contributed by atoms with Crippen molar-refractivity contribution in [1.29, 1.82) is 0 Å². The van der Waals surface area contributed by atoms with E-state index in [1.165, 1.54) is 0 Å². The lowest BCUT2D eigenvalue weighted by molar-refractivity contribution is -0.115. The zero-order chi connectivity index (χ0) is 24.8. The van der Waals surface area contributed by atoms with Crippen molar-refractivity contribution < 1.29 is 28.6 Å². The average Bonchev–Trinajstić information content (AvgIpc) is 3.30. The fraction of sp³-hybridized carbons (Fsp3) is 0.400. The molecule has 0 bridgehead atoms. The SMILES string of the molecule is COc1cccc(NC(=O)N2CCC3(CC2)CC(C(=O)NCc2ccc(OC)c(OC)c2)=NO3)c1. The molecule has 1 fully saturated rings. The number of hydrogen-bond acceptors (Lipinski definition) is 7. The lowest BCUT2D eigenvalue weighted by atomic mass is 9.87. The van der Waals surface area contributed by atoms with Gasteiger partial charge >= 0.3 is 6.03 Å². The fourth-order valence-corrected chi connectivity index (χ4v) is 4.21. The summed E-state index contributed by atoms with van der Waals surface area (Å²) >= 11 is 0. The number of benzene rings is 2. The van der Waals surface area contributed by atoms with Crippen LogP contribution in [0, 0.1) is 0 Å². The summed E-state index contributed by atoms with van der Waals surface area (Å²) in [5.74, 6) is 1.63. The molecule has 186 valence electrons. The highest BCUT2D eigenvalue weighted by molar-refractivity contribution is 6.39. The lowest BCUT2D eigenvalue weighted by Gasteiger charge is -2.37. The van der Waals surface area contributed by atoms with E-state index >= 15 is 0 Å². The number of rotatable bonds is 7. The third-order valence-electron chi connectivity index (χ3n) is 6.29. The number of piperidine rings is 1. The van der Waals surface area contributed by atoms with E-state index in [-0.39, 0.29) is 11.9 Å². The number of methoxy groups -OCH3 is 3. The molecule has 0 aliphatic carbocycles. The maximum absolute atomic E-state index is 12.7. The molecule has 0 radical (unpaired) electrons. The minimum atomic E-state index is -0.553. The molecule has 1 spiro atoms. The van der Waals surface area contributed by atoms with Crippen LogP contribution in [0.2, 0.25) is 0 Å². The third kappa shape index (κ3) is 5.59. The summed E-state index contributed by atoms with van der Waals surface area (Å²) in [7, 11) is 4.72. The third-order valence-corrected chi connectivity index (χ3v) is 6.29. The van der Waals surface area contributed by atoms with E-state index in [0.29, 0.717) is 67.5 Å². The lowest BCUT2D eigenvalue weighted by Crippen LogP contribution is -2.48. The van der Waals surface area contributed by atoms with Gasteiger partial charge in [0, 0.05) is 50.7 Å². The summed E-state index contributed by atoms with van der Waals surface area (Å²) in [6.45, 7) is 1.33. The van der Waals surface area contributed by atoms with Gasteiger partial charge < -0.3 is 34.6 Å².